The summed E-state index contributed by atoms with van der Waals surface area (Å²) in [6, 6.07) is 0.502. The third-order valence-electron chi connectivity index (χ3n) is 1.92. The van der Waals surface area contributed by atoms with Gasteiger partial charge in [0.25, 0.3) is 0 Å². The number of carbonyl (C=O) groups is 1. The molecular weight excluding hydrogens is 156 g/mol. The van der Waals surface area contributed by atoms with Crippen LogP contribution in [0.15, 0.2) is 0 Å². The molecule has 0 heterocycles. The van der Waals surface area contributed by atoms with Gasteiger partial charge >= 0.3 is 0 Å². The van der Waals surface area contributed by atoms with Crippen LogP contribution >= 0.6 is 0 Å². The first-order valence-corrected chi connectivity index (χ1v) is 4.21. The summed E-state index contributed by atoms with van der Waals surface area (Å²) in [5.74, 6) is -0.313. The van der Waals surface area contributed by atoms with Gasteiger partial charge in [-0.15, -0.1) is 0 Å². The molecule has 0 spiro atoms. The SMILES string of the molecule is CC(C)N(C)CCCC(=O)NO. The van der Waals surface area contributed by atoms with E-state index in [-0.39, 0.29) is 5.91 Å². The average Bonchev–Trinajstić information content (AvgIpc) is 2.03. The van der Waals surface area contributed by atoms with E-state index >= 15 is 0 Å². The molecule has 0 aromatic rings. The highest BCUT2D eigenvalue weighted by atomic mass is 16.5. The number of nitrogens with zero attached hydrogens (tertiary/aromatic N) is 1. The number of hydroxylamine groups is 1. The van der Waals surface area contributed by atoms with E-state index in [1.807, 2.05) is 7.05 Å². The quantitative estimate of drug-likeness (QED) is 0.474. The summed E-state index contributed by atoms with van der Waals surface area (Å²) in [5, 5.41) is 8.20. The van der Waals surface area contributed by atoms with Crippen molar-refractivity contribution < 1.29 is 10.0 Å². The standard InChI is InChI=1S/C8H18N2O2/c1-7(2)10(3)6-4-5-8(11)9-12/h7,12H,4-6H2,1-3H3,(H,9,11). The van der Waals surface area contributed by atoms with Crippen molar-refractivity contribution in [2.45, 2.75) is 32.7 Å². The highest BCUT2D eigenvalue weighted by molar-refractivity contribution is 5.74. The fourth-order valence-corrected chi connectivity index (χ4v) is 0.803. The Balaban J connectivity index is 3.37. The van der Waals surface area contributed by atoms with Crippen LogP contribution < -0.4 is 5.48 Å². The number of rotatable bonds is 5. The Labute approximate surface area is 73.5 Å². The molecule has 0 saturated carbocycles. The van der Waals surface area contributed by atoms with E-state index in [0.717, 1.165) is 13.0 Å². The lowest BCUT2D eigenvalue weighted by Crippen LogP contribution is -2.28. The van der Waals surface area contributed by atoms with Gasteiger partial charge in [-0.25, -0.2) is 5.48 Å². The van der Waals surface area contributed by atoms with E-state index in [1.54, 1.807) is 5.48 Å². The molecule has 0 aliphatic carbocycles. The largest absolute Gasteiger partial charge is 0.304 e. The predicted molar refractivity (Wildman–Crippen MR) is 46.9 cm³/mol. The zero-order valence-corrected chi connectivity index (χ0v) is 8.00. The van der Waals surface area contributed by atoms with Gasteiger partial charge in [-0.1, -0.05) is 0 Å². The molecule has 0 fully saturated rings. The van der Waals surface area contributed by atoms with Gasteiger partial charge in [-0.05, 0) is 33.9 Å². The number of hydrogen-bond donors (Lipinski definition) is 2. The molecule has 72 valence electrons. The molecule has 2 N–H and O–H groups in total. The lowest BCUT2D eigenvalue weighted by molar-refractivity contribution is -0.129. The van der Waals surface area contributed by atoms with Gasteiger partial charge in [0.1, 0.15) is 0 Å². The van der Waals surface area contributed by atoms with Gasteiger partial charge in [-0.3, -0.25) is 10.0 Å². The van der Waals surface area contributed by atoms with Gasteiger partial charge < -0.3 is 4.90 Å². The maximum Gasteiger partial charge on any atom is 0.243 e. The first-order valence-electron chi connectivity index (χ1n) is 4.21. The summed E-state index contributed by atoms with van der Waals surface area (Å²) < 4.78 is 0. The number of hydrogen-bond acceptors (Lipinski definition) is 3. The molecule has 0 aliphatic heterocycles. The zero-order valence-electron chi connectivity index (χ0n) is 8.00. The zero-order chi connectivity index (χ0) is 9.56. The molecule has 0 aromatic heterocycles. The van der Waals surface area contributed by atoms with Crippen LogP contribution in [0.2, 0.25) is 0 Å². The van der Waals surface area contributed by atoms with Crippen LogP contribution in [0.5, 0.6) is 0 Å². The fourth-order valence-electron chi connectivity index (χ4n) is 0.803. The van der Waals surface area contributed by atoms with Crippen LogP contribution in [-0.2, 0) is 4.79 Å². The Morgan fingerprint density at radius 1 is 1.58 bits per heavy atom. The highest BCUT2D eigenvalue weighted by Gasteiger charge is 2.04. The Morgan fingerprint density at radius 2 is 2.17 bits per heavy atom. The van der Waals surface area contributed by atoms with Gasteiger partial charge in [-0.2, -0.15) is 0 Å². The van der Waals surface area contributed by atoms with Crippen LogP contribution in [0.3, 0.4) is 0 Å². The number of carbonyl (C=O) groups excluding carboxylic acids is 1. The van der Waals surface area contributed by atoms with Crippen LogP contribution in [0.1, 0.15) is 26.7 Å². The average molecular weight is 174 g/mol. The first kappa shape index (κ1) is 11.4. The van der Waals surface area contributed by atoms with Gasteiger partial charge in [0, 0.05) is 12.5 Å². The first-order chi connectivity index (χ1) is 5.57. The summed E-state index contributed by atoms with van der Waals surface area (Å²) in [5.41, 5.74) is 1.61. The van der Waals surface area contributed by atoms with E-state index in [1.165, 1.54) is 0 Å². The van der Waals surface area contributed by atoms with Crippen molar-refractivity contribution >= 4 is 5.91 Å². The molecule has 4 heteroatoms. The van der Waals surface area contributed by atoms with E-state index in [9.17, 15) is 4.79 Å². The van der Waals surface area contributed by atoms with Gasteiger partial charge in [0.2, 0.25) is 5.91 Å². The molecule has 4 nitrogen and oxygen atoms in total. The Bertz CT molecular complexity index is 137. The van der Waals surface area contributed by atoms with Gasteiger partial charge in [0.05, 0.1) is 0 Å². The highest BCUT2D eigenvalue weighted by Crippen LogP contribution is 1.97. The van der Waals surface area contributed by atoms with E-state index in [0.29, 0.717) is 12.5 Å². The summed E-state index contributed by atoms with van der Waals surface area (Å²) >= 11 is 0. The second-order valence-electron chi connectivity index (χ2n) is 3.21. The Hall–Kier alpha value is -0.610. The molecular formula is C8H18N2O2. The summed E-state index contributed by atoms with van der Waals surface area (Å²) in [4.78, 5) is 12.7. The molecule has 0 unspecified atom stereocenters. The second kappa shape index (κ2) is 5.97. The topological polar surface area (TPSA) is 52.6 Å². The van der Waals surface area contributed by atoms with Crippen molar-refractivity contribution in [1.82, 2.24) is 10.4 Å². The molecule has 0 saturated heterocycles. The van der Waals surface area contributed by atoms with Crippen LogP contribution in [0.4, 0.5) is 0 Å². The van der Waals surface area contributed by atoms with Crippen molar-refractivity contribution in [2.24, 2.45) is 0 Å². The predicted octanol–water partition coefficient (Wildman–Crippen LogP) is 0.612. The molecule has 0 radical (unpaired) electrons. The molecule has 0 rings (SSSR count). The van der Waals surface area contributed by atoms with Crippen LogP contribution in [0.25, 0.3) is 0 Å². The molecule has 0 aromatic carbocycles. The molecule has 0 aliphatic rings. The monoisotopic (exact) mass is 174 g/mol. The smallest absolute Gasteiger partial charge is 0.243 e. The molecule has 0 atom stereocenters. The van der Waals surface area contributed by atoms with Crippen molar-refractivity contribution in [3.8, 4) is 0 Å². The third-order valence-corrected chi connectivity index (χ3v) is 1.92. The summed E-state index contributed by atoms with van der Waals surface area (Å²) in [7, 11) is 2.02. The molecule has 0 bridgehead atoms. The summed E-state index contributed by atoms with van der Waals surface area (Å²) in [6.07, 6.45) is 1.16. The maximum atomic E-state index is 10.6. The number of amides is 1. The van der Waals surface area contributed by atoms with Crippen LogP contribution in [-0.4, -0.2) is 35.6 Å². The summed E-state index contributed by atoms with van der Waals surface area (Å²) in [6.45, 7) is 5.09. The minimum Gasteiger partial charge on any atom is -0.304 e. The third kappa shape index (κ3) is 5.09. The van der Waals surface area contributed by atoms with Crippen molar-refractivity contribution in [1.29, 1.82) is 0 Å². The minimum atomic E-state index is -0.313. The second-order valence-corrected chi connectivity index (χ2v) is 3.21. The van der Waals surface area contributed by atoms with Crippen molar-refractivity contribution in [3.63, 3.8) is 0 Å². The minimum absolute atomic E-state index is 0.313. The maximum absolute atomic E-state index is 10.6. The fraction of sp³-hybridized carbons (Fsp3) is 0.875. The normalized spacial score (nSPS) is 10.8. The molecule has 1 amide bonds. The van der Waals surface area contributed by atoms with E-state index in [4.69, 9.17) is 5.21 Å². The van der Waals surface area contributed by atoms with E-state index in [2.05, 4.69) is 18.7 Å². The Morgan fingerprint density at radius 3 is 2.58 bits per heavy atom. The van der Waals surface area contributed by atoms with Crippen LogP contribution in [0, 0.1) is 0 Å². The van der Waals surface area contributed by atoms with Crippen molar-refractivity contribution in [2.75, 3.05) is 13.6 Å². The number of nitrogens with one attached hydrogen (secondary N) is 1. The van der Waals surface area contributed by atoms with Gasteiger partial charge in [0.15, 0.2) is 0 Å². The van der Waals surface area contributed by atoms with E-state index < -0.39 is 0 Å². The van der Waals surface area contributed by atoms with Crippen molar-refractivity contribution in [3.05, 3.63) is 0 Å². The molecule has 12 heavy (non-hydrogen) atoms. The lowest BCUT2D eigenvalue weighted by atomic mass is 10.2. The Kier molecular flexibility index (Phi) is 5.66. The lowest BCUT2D eigenvalue weighted by Gasteiger charge is -2.20.